The predicted octanol–water partition coefficient (Wildman–Crippen LogP) is 6.08. The van der Waals surface area contributed by atoms with Gasteiger partial charge in [-0.05, 0) is 55.1 Å². The van der Waals surface area contributed by atoms with Gasteiger partial charge in [0.05, 0.1) is 12.2 Å². The van der Waals surface area contributed by atoms with Crippen LogP contribution < -0.4 is 14.2 Å². The first-order chi connectivity index (χ1) is 15.0. The summed E-state index contributed by atoms with van der Waals surface area (Å²) in [6.45, 7) is 4.83. The van der Waals surface area contributed by atoms with Crippen molar-refractivity contribution < 1.29 is 23.7 Å². The van der Waals surface area contributed by atoms with Gasteiger partial charge in [-0.3, -0.25) is 4.79 Å². The normalized spacial score (nSPS) is 16.0. The third-order valence-corrected chi connectivity index (χ3v) is 6.52. The van der Waals surface area contributed by atoms with Crippen LogP contribution in [0.25, 0.3) is 6.08 Å². The number of halogens is 1. The molecule has 1 aromatic heterocycles. The second-order valence-electron chi connectivity index (χ2n) is 7.43. The van der Waals surface area contributed by atoms with E-state index in [0.29, 0.717) is 34.5 Å². The molecule has 2 aromatic carbocycles. The smallest absolute Gasteiger partial charge is 0.232 e. The lowest BCUT2D eigenvalue weighted by atomic mass is 10.1. The van der Waals surface area contributed by atoms with Crippen LogP contribution >= 0.6 is 22.9 Å². The number of hydrogen-bond acceptors (Lipinski definition) is 6. The average Bonchev–Trinajstić information content (AvgIpc) is 3.31. The number of Topliss-reactive ketones (excluding diaryl/α,β-unsaturated/α-hetero) is 1. The fourth-order valence-electron chi connectivity index (χ4n) is 3.70. The van der Waals surface area contributed by atoms with E-state index in [0.717, 1.165) is 32.9 Å². The zero-order chi connectivity index (χ0) is 21.5. The molecular weight excluding hydrogens is 436 g/mol. The number of benzene rings is 2. The maximum atomic E-state index is 12.8. The molecule has 5 rings (SSSR count). The van der Waals surface area contributed by atoms with Gasteiger partial charge < -0.3 is 18.9 Å². The maximum Gasteiger partial charge on any atom is 0.232 e. The predicted molar refractivity (Wildman–Crippen MR) is 119 cm³/mol. The van der Waals surface area contributed by atoms with Crippen molar-refractivity contribution in [3.63, 3.8) is 0 Å². The number of fused-ring (bicyclic) bond motifs is 2. The highest BCUT2D eigenvalue weighted by Gasteiger charge is 2.30. The van der Waals surface area contributed by atoms with Crippen LogP contribution in [0.3, 0.4) is 0 Å². The zero-order valence-corrected chi connectivity index (χ0v) is 18.6. The van der Waals surface area contributed by atoms with Gasteiger partial charge in [-0.2, -0.15) is 0 Å². The van der Waals surface area contributed by atoms with Crippen molar-refractivity contribution in [2.24, 2.45) is 0 Å². The second-order valence-corrected chi connectivity index (χ2v) is 8.81. The SMILES string of the molecule is Cc1ccsc1/C=C1\Oc2c(ccc(OCc3cc(Cl)cc4c3OCOC4)c2C)C1=O. The number of carbonyl (C=O) groups excluding carboxylic acids is 1. The van der Waals surface area contributed by atoms with Gasteiger partial charge in [-0.25, -0.2) is 0 Å². The Hall–Kier alpha value is -2.80. The van der Waals surface area contributed by atoms with Gasteiger partial charge in [0, 0.05) is 32.7 Å². The molecule has 158 valence electrons. The quantitative estimate of drug-likeness (QED) is 0.447. The Balaban J connectivity index is 1.40. The summed E-state index contributed by atoms with van der Waals surface area (Å²) >= 11 is 7.82. The van der Waals surface area contributed by atoms with E-state index in [1.807, 2.05) is 37.4 Å². The Morgan fingerprint density at radius 1 is 1.19 bits per heavy atom. The van der Waals surface area contributed by atoms with Gasteiger partial charge in [0.1, 0.15) is 23.9 Å². The van der Waals surface area contributed by atoms with E-state index in [1.165, 1.54) is 0 Å². The summed E-state index contributed by atoms with van der Waals surface area (Å²) in [5.41, 5.74) is 4.18. The third-order valence-electron chi connectivity index (χ3n) is 5.34. The number of thiophene rings is 1. The van der Waals surface area contributed by atoms with Gasteiger partial charge in [-0.15, -0.1) is 11.3 Å². The Labute approximate surface area is 188 Å². The highest BCUT2D eigenvalue weighted by Crippen LogP contribution is 2.40. The zero-order valence-electron chi connectivity index (χ0n) is 17.0. The fourth-order valence-corrected chi connectivity index (χ4v) is 4.81. The number of ether oxygens (including phenoxy) is 4. The molecule has 2 aliphatic heterocycles. The van der Waals surface area contributed by atoms with E-state index in [1.54, 1.807) is 29.5 Å². The monoisotopic (exact) mass is 454 g/mol. The van der Waals surface area contributed by atoms with E-state index in [9.17, 15) is 4.79 Å². The molecule has 0 unspecified atom stereocenters. The summed E-state index contributed by atoms with van der Waals surface area (Å²) in [5, 5.41) is 2.60. The first kappa shape index (κ1) is 20.1. The lowest BCUT2D eigenvalue weighted by Crippen LogP contribution is -2.14. The van der Waals surface area contributed by atoms with Crippen molar-refractivity contribution in [1.29, 1.82) is 0 Å². The Morgan fingerprint density at radius 3 is 2.87 bits per heavy atom. The topological polar surface area (TPSA) is 54.0 Å². The summed E-state index contributed by atoms with van der Waals surface area (Å²) in [5.74, 6) is 2.15. The number of aryl methyl sites for hydroxylation is 1. The molecule has 0 fully saturated rings. The Bertz CT molecular complexity index is 1230. The van der Waals surface area contributed by atoms with Crippen LogP contribution in [-0.2, 0) is 18.0 Å². The highest BCUT2D eigenvalue weighted by atomic mass is 35.5. The molecule has 0 bridgehead atoms. The molecular formula is C24H19ClO5S. The second kappa shape index (κ2) is 8.04. The van der Waals surface area contributed by atoms with Crippen LogP contribution in [0.4, 0.5) is 0 Å². The number of allylic oxidation sites excluding steroid dienone is 1. The van der Waals surface area contributed by atoms with Crippen molar-refractivity contribution in [2.45, 2.75) is 27.1 Å². The van der Waals surface area contributed by atoms with Gasteiger partial charge in [0.15, 0.2) is 12.6 Å². The van der Waals surface area contributed by atoms with Crippen LogP contribution in [0.5, 0.6) is 17.2 Å². The first-order valence-electron chi connectivity index (χ1n) is 9.78. The van der Waals surface area contributed by atoms with E-state index in [2.05, 4.69) is 0 Å². The summed E-state index contributed by atoms with van der Waals surface area (Å²) in [6.07, 6.45) is 1.81. The van der Waals surface area contributed by atoms with Crippen LogP contribution in [0.2, 0.25) is 5.02 Å². The molecule has 0 amide bonds. The molecule has 0 saturated carbocycles. The summed E-state index contributed by atoms with van der Waals surface area (Å²) in [7, 11) is 0. The van der Waals surface area contributed by atoms with Crippen LogP contribution in [0, 0.1) is 13.8 Å². The molecule has 0 spiro atoms. The van der Waals surface area contributed by atoms with E-state index in [-0.39, 0.29) is 19.2 Å². The standard InChI is InChI=1S/C24H19ClO5S/c1-13-5-6-31-21(13)9-20-22(26)18-3-4-19(14(2)23(18)30-20)28-11-16-8-17(25)7-15-10-27-12-29-24(15)16/h3-9H,10-12H2,1-2H3/b20-9-. The molecule has 5 nitrogen and oxygen atoms in total. The Kier molecular flexibility index (Phi) is 5.22. The minimum Gasteiger partial charge on any atom is -0.488 e. The van der Waals surface area contributed by atoms with Gasteiger partial charge in [0.2, 0.25) is 5.78 Å². The number of rotatable bonds is 4. The van der Waals surface area contributed by atoms with E-state index in [4.69, 9.17) is 30.5 Å². The lowest BCUT2D eigenvalue weighted by molar-refractivity contribution is -0.0175. The molecule has 3 aromatic rings. The van der Waals surface area contributed by atoms with Crippen molar-refractivity contribution in [3.8, 4) is 17.2 Å². The van der Waals surface area contributed by atoms with E-state index >= 15 is 0 Å². The van der Waals surface area contributed by atoms with Crippen LogP contribution in [0.1, 0.15) is 37.5 Å². The molecule has 0 saturated heterocycles. The van der Waals surface area contributed by atoms with Crippen molar-refractivity contribution in [3.05, 3.63) is 79.2 Å². The van der Waals surface area contributed by atoms with Crippen molar-refractivity contribution >= 4 is 34.8 Å². The minimum absolute atomic E-state index is 0.116. The molecule has 0 atom stereocenters. The molecule has 7 heteroatoms. The highest BCUT2D eigenvalue weighted by molar-refractivity contribution is 7.11. The first-order valence-corrected chi connectivity index (χ1v) is 11.0. The number of carbonyl (C=O) groups is 1. The lowest BCUT2D eigenvalue weighted by Gasteiger charge is -2.21. The van der Waals surface area contributed by atoms with Crippen LogP contribution in [-0.4, -0.2) is 12.6 Å². The molecule has 2 aliphatic rings. The van der Waals surface area contributed by atoms with Gasteiger partial charge >= 0.3 is 0 Å². The summed E-state index contributed by atoms with van der Waals surface area (Å²) < 4.78 is 23.0. The largest absolute Gasteiger partial charge is 0.488 e. The molecule has 31 heavy (non-hydrogen) atoms. The van der Waals surface area contributed by atoms with Crippen molar-refractivity contribution in [1.82, 2.24) is 0 Å². The minimum atomic E-state index is -0.116. The third kappa shape index (κ3) is 3.71. The Morgan fingerprint density at radius 2 is 2.06 bits per heavy atom. The van der Waals surface area contributed by atoms with Gasteiger partial charge in [0.25, 0.3) is 0 Å². The number of ketones is 1. The molecule has 0 aliphatic carbocycles. The average molecular weight is 455 g/mol. The molecule has 0 radical (unpaired) electrons. The maximum absolute atomic E-state index is 12.8. The van der Waals surface area contributed by atoms with E-state index < -0.39 is 0 Å². The molecule has 3 heterocycles. The summed E-state index contributed by atoms with van der Waals surface area (Å²) in [6, 6.07) is 9.24. The fraction of sp³-hybridized carbons (Fsp3) is 0.208. The summed E-state index contributed by atoms with van der Waals surface area (Å²) in [4.78, 5) is 13.8. The van der Waals surface area contributed by atoms with Gasteiger partial charge in [-0.1, -0.05) is 11.6 Å². The molecule has 0 N–H and O–H groups in total. The van der Waals surface area contributed by atoms with Crippen LogP contribution in [0.15, 0.2) is 41.5 Å². The number of hydrogen-bond donors (Lipinski definition) is 0. The van der Waals surface area contributed by atoms with Crippen molar-refractivity contribution in [2.75, 3.05) is 6.79 Å².